The lowest BCUT2D eigenvalue weighted by Crippen LogP contribution is -2.26. The zero-order valence-electron chi connectivity index (χ0n) is 9.73. The van der Waals surface area contributed by atoms with Crippen molar-refractivity contribution in [1.29, 1.82) is 0 Å². The summed E-state index contributed by atoms with van der Waals surface area (Å²) in [5.41, 5.74) is 0. The Morgan fingerprint density at radius 1 is 1.24 bits per heavy atom. The first kappa shape index (κ1) is 10.8. The number of aromatic nitrogens is 2. The van der Waals surface area contributed by atoms with Crippen molar-refractivity contribution in [1.82, 2.24) is 10.2 Å². The van der Waals surface area contributed by atoms with Crippen molar-refractivity contribution < 1.29 is 0 Å². The monoisotopic (exact) mass is 247 g/mol. The van der Waals surface area contributed by atoms with Gasteiger partial charge in [-0.1, -0.05) is 35.9 Å². The summed E-state index contributed by atoms with van der Waals surface area (Å²) in [6.07, 6.45) is 2.51. The number of rotatable bonds is 3. The molecule has 0 spiro atoms. The van der Waals surface area contributed by atoms with Gasteiger partial charge in [0, 0.05) is 23.4 Å². The van der Waals surface area contributed by atoms with Crippen LogP contribution in [0.3, 0.4) is 0 Å². The maximum Gasteiger partial charge on any atom is 0.159 e. The molecule has 88 valence electrons. The van der Waals surface area contributed by atoms with Gasteiger partial charge in [-0.3, -0.25) is 0 Å². The van der Waals surface area contributed by atoms with Crippen LogP contribution in [0.5, 0.6) is 0 Å². The Hall–Kier alpha value is -1.35. The van der Waals surface area contributed by atoms with E-state index in [0.717, 1.165) is 23.1 Å². The van der Waals surface area contributed by atoms with Gasteiger partial charge < -0.3 is 4.90 Å². The lowest BCUT2D eigenvalue weighted by molar-refractivity contribution is 0.798. The van der Waals surface area contributed by atoms with Crippen molar-refractivity contribution in [3.63, 3.8) is 0 Å². The third-order valence-electron chi connectivity index (χ3n) is 3.22. The highest BCUT2D eigenvalue weighted by molar-refractivity contribution is 6.34. The van der Waals surface area contributed by atoms with Crippen molar-refractivity contribution in [3.05, 3.63) is 29.4 Å². The Kier molecular flexibility index (Phi) is 2.63. The van der Waals surface area contributed by atoms with Crippen LogP contribution < -0.4 is 4.90 Å². The smallest absolute Gasteiger partial charge is 0.159 e. The van der Waals surface area contributed by atoms with Crippen LogP contribution in [0.2, 0.25) is 5.15 Å². The normalized spacial score (nSPS) is 15.2. The zero-order valence-corrected chi connectivity index (χ0v) is 10.5. The van der Waals surface area contributed by atoms with E-state index in [2.05, 4.69) is 28.1 Å². The molecule has 3 rings (SSSR count). The Balaban J connectivity index is 2.18. The molecule has 1 aromatic heterocycles. The summed E-state index contributed by atoms with van der Waals surface area (Å²) in [4.78, 5) is 2.33. The Morgan fingerprint density at radius 3 is 2.59 bits per heavy atom. The van der Waals surface area contributed by atoms with Gasteiger partial charge in [0.25, 0.3) is 0 Å². The van der Waals surface area contributed by atoms with E-state index < -0.39 is 0 Å². The van der Waals surface area contributed by atoms with E-state index in [0.29, 0.717) is 11.2 Å². The molecule has 1 aliphatic rings. The third kappa shape index (κ3) is 1.84. The molecule has 0 saturated heterocycles. The molecule has 4 heteroatoms. The molecule has 0 aliphatic heterocycles. The molecule has 0 amide bonds. The topological polar surface area (TPSA) is 29.0 Å². The molecule has 0 unspecified atom stereocenters. The van der Waals surface area contributed by atoms with E-state index in [9.17, 15) is 0 Å². The Bertz CT molecular complexity index is 551. The fraction of sp³-hybridized carbons (Fsp3) is 0.385. The first-order valence-corrected chi connectivity index (χ1v) is 6.36. The Labute approximate surface area is 105 Å². The molecular weight excluding hydrogens is 234 g/mol. The second-order valence-electron chi connectivity index (χ2n) is 4.38. The molecule has 0 atom stereocenters. The molecule has 1 heterocycles. The van der Waals surface area contributed by atoms with Crippen LogP contribution in [-0.2, 0) is 0 Å². The molecule has 0 radical (unpaired) electrons. The van der Waals surface area contributed by atoms with Gasteiger partial charge >= 0.3 is 0 Å². The highest BCUT2D eigenvalue weighted by atomic mass is 35.5. The summed E-state index contributed by atoms with van der Waals surface area (Å²) >= 11 is 6.08. The third-order valence-corrected chi connectivity index (χ3v) is 3.50. The van der Waals surface area contributed by atoms with E-state index in [1.165, 1.54) is 12.8 Å². The zero-order chi connectivity index (χ0) is 11.8. The summed E-state index contributed by atoms with van der Waals surface area (Å²) in [5, 5.41) is 10.9. The van der Waals surface area contributed by atoms with Gasteiger partial charge in [0.05, 0.1) is 0 Å². The number of nitrogens with zero attached hydrogens (tertiary/aromatic N) is 3. The van der Waals surface area contributed by atoms with Crippen LogP contribution in [0, 0.1) is 0 Å². The first-order chi connectivity index (χ1) is 8.31. The predicted molar refractivity (Wildman–Crippen MR) is 70.6 cm³/mol. The average molecular weight is 248 g/mol. The van der Waals surface area contributed by atoms with E-state index in [4.69, 9.17) is 11.6 Å². The fourth-order valence-corrected chi connectivity index (χ4v) is 2.44. The van der Waals surface area contributed by atoms with Crippen LogP contribution in [0.1, 0.15) is 19.8 Å². The van der Waals surface area contributed by atoms with Crippen LogP contribution >= 0.6 is 11.6 Å². The number of anilines is 1. The molecule has 3 nitrogen and oxygen atoms in total. The minimum absolute atomic E-state index is 0.483. The van der Waals surface area contributed by atoms with E-state index in [1.807, 2.05) is 18.2 Å². The summed E-state index contributed by atoms with van der Waals surface area (Å²) in [7, 11) is 0. The van der Waals surface area contributed by atoms with Gasteiger partial charge in [-0.25, -0.2) is 0 Å². The van der Waals surface area contributed by atoms with E-state index in [-0.39, 0.29) is 0 Å². The van der Waals surface area contributed by atoms with Crippen molar-refractivity contribution in [2.24, 2.45) is 0 Å². The van der Waals surface area contributed by atoms with Crippen LogP contribution in [0.15, 0.2) is 24.3 Å². The average Bonchev–Trinajstić information content (AvgIpc) is 3.18. The molecule has 0 N–H and O–H groups in total. The largest absolute Gasteiger partial charge is 0.352 e. The second kappa shape index (κ2) is 4.15. The minimum atomic E-state index is 0.483. The van der Waals surface area contributed by atoms with Gasteiger partial charge in [-0.15, -0.1) is 10.2 Å². The van der Waals surface area contributed by atoms with Crippen molar-refractivity contribution in [2.45, 2.75) is 25.8 Å². The number of benzene rings is 1. The standard InChI is InChI=1S/C13H14ClN3/c1-2-17(9-7-8-9)13-11-6-4-3-5-10(11)12(14)15-16-13/h3-6,9H,2,7-8H2,1H3. The van der Waals surface area contributed by atoms with Gasteiger partial charge in [0.15, 0.2) is 11.0 Å². The molecule has 0 bridgehead atoms. The first-order valence-electron chi connectivity index (χ1n) is 5.99. The summed E-state index contributed by atoms with van der Waals surface area (Å²) in [6.45, 7) is 3.12. The van der Waals surface area contributed by atoms with Crippen molar-refractivity contribution in [3.8, 4) is 0 Å². The van der Waals surface area contributed by atoms with Crippen molar-refractivity contribution >= 4 is 28.2 Å². The number of halogens is 1. The van der Waals surface area contributed by atoms with Gasteiger partial charge in [-0.05, 0) is 19.8 Å². The van der Waals surface area contributed by atoms with E-state index in [1.54, 1.807) is 0 Å². The molecule has 1 aromatic carbocycles. The fourth-order valence-electron chi connectivity index (χ4n) is 2.24. The molecule has 1 saturated carbocycles. The number of hydrogen-bond acceptors (Lipinski definition) is 3. The highest BCUT2D eigenvalue weighted by Crippen LogP contribution is 2.35. The lowest BCUT2D eigenvalue weighted by Gasteiger charge is -2.22. The predicted octanol–water partition coefficient (Wildman–Crippen LogP) is 3.27. The van der Waals surface area contributed by atoms with Crippen molar-refractivity contribution in [2.75, 3.05) is 11.4 Å². The molecule has 17 heavy (non-hydrogen) atoms. The SMILES string of the molecule is CCN(c1nnc(Cl)c2ccccc12)C1CC1. The highest BCUT2D eigenvalue weighted by Gasteiger charge is 2.30. The number of hydrogen-bond donors (Lipinski definition) is 0. The molecule has 1 fully saturated rings. The van der Waals surface area contributed by atoms with Gasteiger partial charge in [0.1, 0.15) is 0 Å². The summed E-state index contributed by atoms with van der Waals surface area (Å²) in [6, 6.07) is 8.70. The lowest BCUT2D eigenvalue weighted by atomic mass is 10.2. The van der Waals surface area contributed by atoms with Crippen LogP contribution in [-0.4, -0.2) is 22.8 Å². The second-order valence-corrected chi connectivity index (χ2v) is 4.74. The molecular formula is C13H14ClN3. The van der Waals surface area contributed by atoms with Crippen LogP contribution in [0.25, 0.3) is 10.8 Å². The maximum absolute atomic E-state index is 6.08. The number of fused-ring (bicyclic) bond motifs is 1. The molecule has 2 aromatic rings. The quantitative estimate of drug-likeness (QED) is 0.834. The summed E-state index contributed by atoms with van der Waals surface area (Å²) < 4.78 is 0. The minimum Gasteiger partial charge on any atom is -0.352 e. The van der Waals surface area contributed by atoms with Gasteiger partial charge in [0.2, 0.25) is 0 Å². The summed E-state index contributed by atoms with van der Waals surface area (Å²) in [5.74, 6) is 0.968. The van der Waals surface area contributed by atoms with Gasteiger partial charge in [-0.2, -0.15) is 0 Å². The molecule has 1 aliphatic carbocycles. The van der Waals surface area contributed by atoms with Crippen LogP contribution in [0.4, 0.5) is 5.82 Å². The van der Waals surface area contributed by atoms with E-state index >= 15 is 0 Å². The maximum atomic E-state index is 6.08. The Morgan fingerprint density at radius 2 is 1.94 bits per heavy atom.